The second-order valence-corrected chi connectivity index (χ2v) is 8.93. The third-order valence-electron chi connectivity index (χ3n) is 3.93. The Balaban J connectivity index is 1.59. The molecule has 3 aromatic heterocycles. The van der Waals surface area contributed by atoms with Gasteiger partial charge in [0.1, 0.15) is 12.4 Å². The SMILES string of the molecule is CC(=O)Nc1ncc(S(=O)(=O)N2CCO[C@H](c3ccnc4ncnn34)C2)s1. The number of fused-ring (bicyclic) bond motifs is 1. The number of anilines is 1. The van der Waals surface area contributed by atoms with Gasteiger partial charge in [-0.3, -0.25) is 4.79 Å². The molecule has 0 saturated carbocycles. The van der Waals surface area contributed by atoms with Gasteiger partial charge in [-0.2, -0.15) is 18.9 Å². The maximum Gasteiger partial charge on any atom is 0.254 e. The largest absolute Gasteiger partial charge is 0.369 e. The molecule has 0 bridgehead atoms. The standard InChI is InChI=1S/C14H15N7O4S2/c1-9(22)19-14-16-6-12(26-14)27(23,24)20-4-5-25-11(7-20)10-2-3-15-13-17-8-18-21(10)13/h2-3,6,8,11H,4-5,7H2,1H3,(H,16,19,22)/t11-/m0/s1. The van der Waals surface area contributed by atoms with Gasteiger partial charge in [0.15, 0.2) is 9.34 Å². The Morgan fingerprint density at radius 1 is 1.37 bits per heavy atom. The van der Waals surface area contributed by atoms with Crippen molar-refractivity contribution in [3.05, 3.63) is 30.5 Å². The van der Waals surface area contributed by atoms with Gasteiger partial charge < -0.3 is 10.1 Å². The van der Waals surface area contributed by atoms with Crippen LogP contribution in [0.15, 0.2) is 29.0 Å². The summed E-state index contributed by atoms with van der Waals surface area (Å²) in [7, 11) is -3.76. The number of carbonyl (C=O) groups excluding carboxylic acids is 1. The maximum absolute atomic E-state index is 13.0. The summed E-state index contributed by atoms with van der Waals surface area (Å²) in [5, 5.41) is 6.84. The van der Waals surface area contributed by atoms with Crippen LogP contribution in [0.1, 0.15) is 18.7 Å². The third kappa shape index (κ3) is 3.41. The first kappa shape index (κ1) is 17.9. The zero-order chi connectivity index (χ0) is 19.0. The first-order valence-corrected chi connectivity index (χ1v) is 10.2. The van der Waals surface area contributed by atoms with E-state index in [-0.39, 0.29) is 34.9 Å². The van der Waals surface area contributed by atoms with Crippen molar-refractivity contribution in [3.8, 4) is 0 Å². The van der Waals surface area contributed by atoms with Crippen LogP contribution in [-0.2, 0) is 19.6 Å². The summed E-state index contributed by atoms with van der Waals surface area (Å²) >= 11 is 0.912. The van der Waals surface area contributed by atoms with E-state index >= 15 is 0 Å². The molecule has 0 aromatic carbocycles. The molecule has 0 radical (unpaired) electrons. The molecule has 0 spiro atoms. The number of hydrogen-bond acceptors (Lipinski definition) is 9. The van der Waals surface area contributed by atoms with Crippen LogP contribution in [0.25, 0.3) is 5.78 Å². The van der Waals surface area contributed by atoms with Crippen molar-refractivity contribution < 1.29 is 17.9 Å². The second kappa shape index (κ2) is 6.92. The first-order chi connectivity index (χ1) is 12.9. The number of ether oxygens (including phenoxy) is 1. The predicted octanol–water partition coefficient (Wildman–Crippen LogP) is 0.301. The van der Waals surface area contributed by atoms with E-state index in [9.17, 15) is 13.2 Å². The number of thiazole rings is 1. The average Bonchev–Trinajstić information content (AvgIpc) is 3.30. The number of nitrogens with one attached hydrogen (secondary N) is 1. The molecule has 1 amide bonds. The van der Waals surface area contributed by atoms with Crippen LogP contribution in [0.2, 0.25) is 0 Å². The molecule has 4 rings (SSSR count). The predicted molar refractivity (Wildman–Crippen MR) is 94.7 cm³/mol. The van der Waals surface area contributed by atoms with Gasteiger partial charge in [-0.25, -0.2) is 18.4 Å². The highest BCUT2D eigenvalue weighted by Crippen LogP contribution is 2.30. The van der Waals surface area contributed by atoms with Gasteiger partial charge in [0.05, 0.1) is 18.5 Å². The molecule has 1 N–H and O–H groups in total. The third-order valence-corrected chi connectivity index (χ3v) is 7.14. The Labute approximate surface area is 158 Å². The molecular weight excluding hydrogens is 394 g/mol. The Morgan fingerprint density at radius 3 is 3.04 bits per heavy atom. The van der Waals surface area contributed by atoms with Crippen LogP contribution in [0, 0.1) is 0 Å². The monoisotopic (exact) mass is 409 g/mol. The molecule has 1 fully saturated rings. The van der Waals surface area contributed by atoms with E-state index in [1.807, 2.05) is 0 Å². The summed E-state index contributed by atoms with van der Waals surface area (Å²) in [6.45, 7) is 1.91. The minimum absolute atomic E-state index is 0.0625. The summed E-state index contributed by atoms with van der Waals surface area (Å²) in [6.07, 6.45) is 3.70. The molecule has 0 unspecified atom stereocenters. The Morgan fingerprint density at radius 2 is 2.22 bits per heavy atom. The molecule has 13 heteroatoms. The van der Waals surface area contributed by atoms with Gasteiger partial charge >= 0.3 is 0 Å². The van der Waals surface area contributed by atoms with E-state index < -0.39 is 16.1 Å². The van der Waals surface area contributed by atoms with Gasteiger partial charge in [0.25, 0.3) is 15.8 Å². The van der Waals surface area contributed by atoms with Crippen LogP contribution in [-0.4, -0.2) is 62.9 Å². The van der Waals surface area contributed by atoms with Crippen molar-refractivity contribution in [2.45, 2.75) is 17.2 Å². The fraction of sp³-hybridized carbons (Fsp3) is 0.357. The summed E-state index contributed by atoms with van der Waals surface area (Å²) in [5.41, 5.74) is 0.667. The van der Waals surface area contributed by atoms with Crippen LogP contribution in [0.4, 0.5) is 5.13 Å². The molecule has 27 heavy (non-hydrogen) atoms. The number of nitrogens with zero attached hydrogens (tertiary/aromatic N) is 6. The fourth-order valence-corrected chi connectivity index (χ4v) is 5.39. The average molecular weight is 409 g/mol. The number of morpholine rings is 1. The zero-order valence-electron chi connectivity index (χ0n) is 14.1. The van der Waals surface area contributed by atoms with Crippen LogP contribution < -0.4 is 5.32 Å². The van der Waals surface area contributed by atoms with Crippen LogP contribution in [0.5, 0.6) is 0 Å². The number of aromatic nitrogens is 5. The van der Waals surface area contributed by atoms with E-state index in [2.05, 4.69) is 25.4 Å². The maximum atomic E-state index is 13.0. The lowest BCUT2D eigenvalue weighted by Gasteiger charge is -2.31. The molecule has 3 aromatic rings. The van der Waals surface area contributed by atoms with Gasteiger partial charge in [0.2, 0.25) is 5.91 Å². The highest BCUT2D eigenvalue weighted by atomic mass is 32.2. The lowest BCUT2D eigenvalue weighted by atomic mass is 10.2. The summed E-state index contributed by atoms with van der Waals surface area (Å²) in [5.74, 6) is 0.104. The zero-order valence-corrected chi connectivity index (χ0v) is 15.8. The molecule has 11 nitrogen and oxygen atoms in total. The van der Waals surface area contributed by atoms with E-state index in [0.29, 0.717) is 11.5 Å². The van der Waals surface area contributed by atoms with Crippen LogP contribution >= 0.6 is 11.3 Å². The van der Waals surface area contributed by atoms with Crippen molar-refractivity contribution in [2.24, 2.45) is 0 Å². The van der Waals surface area contributed by atoms with Crippen molar-refractivity contribution in [1.29, 1.82) is 0 Å². The Kier molecular flexibility index (Phi) is 4.59. The number of sulfonamides is 1. The Hall–Kier alpha value is -2.48. The van der Waals surface area contributed by atoms with E-state index in [4.69, 9.17) is 4.74 Å². The fourth-order valence-electron chi connectivity index (χ4n) is 2.74. The van der Waals surface area contributed by atoms with Crippen molar-refractivity contribution in [3.63, 3.8) is 0 Å². The number of amides is 1. The van der Waals surface area contributed by atoms with E-state index in [1.165, 1.54) is 28.3 Å². The lowest BCUT2D eigenvalue weighted by Crippen LogP contribution is -2.42. The topological polar surface area (TPSA) is 132 Å². The van der Waals surface area contributed by atoms with Crippen molar-refractivity contribution in [1.82, 2.24) is 28.9 Å². The molecule has 1 saturated heterocycles. The molecule has 1 aliphatic heterocycles. The summed E-state index contributed by atoms with van der Waals surface area (Å²) < 4.78 is 34.6. The van der Waals surface area contributed by atoms with Crippen molar-refractivity contribution >= 4 is 38.2 Å². The van der Waals surface area contributed by atoms with E-state index in [0.717, 1.165) is 11.3 Å². The normalized spacial score (nSPS) is 18.6. The Bertz CT molecular complexity index is 1090. The van der Waals surface area contributed by atoms with Gasteiger partial charge in [-0.1, -0.05) is 11.3 Å². The van der Waals surface area contributed by atoms with Gasteiger partial charge in [-0.15, -0.1) is 0 Å². The van der Waals surface area contributed by atoms with Gasteiger partial charge in [-0.05, 0) is 6.07 Å². The van der Waals surface area contributed by atoms with Crippen molar-refractivity contribution in [2.75, 3.05) is 25.0 Å². The molecule has 0 aliphatic carbocycles. The quantitative estimate of drug-likeness (QED) is 0.651. The number of rotatable bonds is 4. The minimum Gasteiger partial charge on any atom is -0.369 e. The van der Waals surface area contributed by atoms with E-state index in [1.54, 1.807) is 12.3 Å². The lowest BCUT2D eigenvalue weighted by molar-refractivity contribution is -0.114. The molecule has 1 aliphatic rings. The highest BCUT2D eigenvalue weighted by molar-refractivity contribution is 7.91. The molecule has 4 heterocycles. The molecular formula is C14H15N7O4S2. The van der Waals surface area contributed by atoms with Gasteiger partial charge in [0, 0.05) is 26.2 Å². The second-order valence-electron chi connectivity index (χ2n) is 5.73. The smallest absolute Gasteiger partial charge is 0.254 e. The molecule has 142 valence electrons. The number of carbonyl (C=O) groups is 1. The highest BCUT2D eigenvalue weighted by Gasteiger charge is 2.34. The van der Waals surface area contributed by atoms with Crippen LogP contribution in [0.3, 0.4) is 0 Å². The summed E-state index contributed by atoms with van der Waals surface area (Å²) in [6, 6.07) is 1.73. The first-order valence-electron chi connectivity index (χ1n) is 7.95. The summed E-state index contributed by atoms with van der Waals surface area (Å²) in [4.78, 5) is 23.2. The molecule has 1 atom stereocenters. The minimum atomic E-state index is -3.76. The number of hydrogen-bond donors (Lipinski definition) is 1.